The summed E-state index contributed by atoms with van der Waals surface area (Å²) in [6, 6.07) is 20.0. The maximum absolute atomic E-state index is 13.3. The van der Waals surface area contributed by atoms with Gasteiger partial charge in [-0.25, -0.2) is 28.1 Å². The van der Waals surface area contributed by atoms with Gasteiger partial charge in [0.25, 0.3) is 25.9 Å². The molecule has 0 aliphatic heterocycles. The zero-order chi connectivity index (χ0) is 64.3. The summed E-state index contributed by atoms with van der Waals surface area (Å²) in [5.74, 6) is 4.72. The number of rotatable bonds is 21. The van der Waals surface area contributed by atoms with E-state index in [1.807, 2.05) is 18.6 Å². The van der Waals surface area contributed by atoms with E-state index in [-0.39, 0.29) is 41.0 Å². The molecule has 0 atom stereocenters. The average molecular weight is 1270 g/mol. The van der Waals surface area contributed by atoms with E-state index < -0.39 is 17.5 Å². The van der Waals surface area contributed by atoms with Crippen LogP contribution in [0.2, 0.25) is 15.1 Å². The molecule has 474 valence electrons. The molecular formula is C64H83Cl3F3N9O8. The van der Waals surface area contributed by atoms with E-state index in [1.165, 1.54) is 109 Å². The molecule has 0 amide bonds. The van der Waals surface area contributed by atoms with E-state index in [4.69, 9.17) is 74.4 Å². The highest BCUT2D eigenvalue weighted by molar-refractivity contribution is 6.31. The standard InChI is InChI=1S/3C20H25ClFN3.4CH2O2/c3*1-13(2)17-9-20(25-16-6-7-19(22)18(21)8-16)24-12-15(17)11-23-10-14-4-3-5-14;4*2-1-3/h3*6-9,12-14,23H,3-5,10-11H2,1-2H3,(H,24,25);4*1H,(H,2,3). The van der Waals surface area contributed by atoms with Crippen molar-refractivity contribution in [1.29, 1.82) is 0 Å². The Balaban J connectivity index is 0.000000312. The van der Waals surface area contributed by atoms with Gasteiger partial charge in [-0.2, -0.15) is 0 Å². The van der Waals surface area contributed by atoms with Crippen molar-refractivity contribution in [3.63, 3.8) is 0 Å². The number of halogens is 6. The fourth-order valence-corrected chi connectivity index (χ4v) is 9.79. The maximum Gasteiger partial charge on any atom is 0.290 e. The number of aromatic nitrogens is 3. The van der Waals surface area contributed by atoms with Crippen LogP contribution in [0.15, 0.2) is 91.4 Å². The Morgan fingerprint density at radius 1 is 0.437 bits per heavy atom. The lowest BCUT2D eigenvalue weighted by molar-refractivity contribution is -0.123. The molecule has 3 aliphatic rings. The van der Waals surface area contributed by atoms with Gasteiger partial charge >= 0.3 is 0 Å². The molecule has 3 aromatic carbocycles. The van der Waals surface area contributed by atoms with Crippen LogP contribution in [0.3, 0.4) is 0 Å². The van der Waals surface area contributed by atoms with Crippen molar-refractivity contribution in [1.82, 2.24) is 30.9 Å². The van der Waals surface area contributed by atoms with Crippen molar-refractivity contribution in [3.8, 4) is 0 Å². The third kappa shape index (κ3) is 27.2. The first-order chi connectivity index (χ1) is 41.7. The molecule has 0 unspecified atom stereocenters. The summed E-state index contributed by atoms with van der Waals surface area (Å²) in [6.07, 6.45) is 18.0. The van der Waals surface area contributed by atoms with Crippen LogP contribution in [0, 0.1) is 35.2 Å². The van der Waals surface area contributed by atoms with Crippen molar-refractivity contribution in [2.45, 2.75) is 137 Å². The molecule has 17 nitrogen and oxygen atoms in total. The molecule has 9 rings (SSSR count). The first-order valence-electron chi connectivity index (χ1n) is 28.8. The molecule has 10 N–H and O–H groups in total. The Kier molecular flexibility index (Phi) is 35.1. The summed E-state index contributed by atoms with van der Waals surface area (Å²) < 4.78 is 39.8. The lowest BCUT2D eigenvalue weighted by Gasteiger charge is -2.25. The van der Waals surface area contributed by atoms with E-state index in [2.05, 4.69) is 107 Å². The number of pyridine rings is 3. The Morgan fingerprint density at radius 3 is 0.851 bits per heavy atom. The third-order valence-corrected chi connectivity index (χ3v) is 15.3. The van der Waals surface area contributed by atoms with Crippen LogP contribution < -0.4 is 31.9 Å². The monoisotopic (exact) mass is 1270 g/mol. The van der Waals surface area contributed by atoms with Crippen LogP contribution in [0.4, 0.5) is 47.7 Å². The van der Waals surface area contributed by atoms with Gasteiger partial charge in [-0.15, -0.1) is 0 Å². The van der Waals surface area contributed by atoms with E-state index in [1.54, 1.807) is 36.4 Å². The summed E-state index contributed by atoms with van der Waals surface area (Å²) in [6.45, 7) is 17.9. The highest BCUT2D eigenvalue weighted by atomic mass is 35.5. The number of benzene rings is 3. The Labute approximate surface area is 523 Å². The minimum Gasteiger partial charge on any atom is -0.483 e. The second kappa shape index (κ2) is 41.1. The van der Waals surface area contributed by atoms with Crippen LogP contribution in [-0.2, 0) is 38.8 Å². The molecule has 3 saturated carbocycles. The molecule has 3 aromatic heterocycles. The summed E-state index contributed by atoms with van der Waals surface area (Å²) in [7, 11) is 0. The van der Waals surface area contributed by atoms with Crippen LogP contribution in [0.5, 0.6) is 0 Å². The van der Waals surface area contributed by atoms with Gasteiger partial charge in [0.05, 0.1) is 15.1 Å². The topological polar surface area (TPSA) is 260 Å². The van der Waals surface area contributed by atoms with E-state index in [0.717, 1.165) is 91.5 Å². The Bertz CT molecular complexity index is 2710. The molecule has 0 radical (unpaired) electrons. The Hall–Kier alpha value is -7.07. The van der Waals surface area contributed by atoms with Gasteiger partial charge in [0.1, 0.15) is 34.9 Å². The molecule has 3 heterocycles. The molecule has 23 heteroatoms. The van der Waals surface area contributed by atoms with Gasteiger partial charge in [-0.05, 0) is 200 Å². The van der Waals surface area contributed by atoms with Gasteiger partial charge in [0.2, 0.25) is 0 Å². The SMILES string of the molecule is CC(C)c1cc(Nc2ccc(F)c(Cl)c2)ncc1CNCC1CCC1.CC(C)c1cc(Nc2ccc(F)c(Cl)c2)ncc1CNCC1CCC1.CC(C)c1cc(Nc2ccc(F)c(Cl)c2)ncc1CNCC1CCC1.O=CO.O=CO.O=CO.O=CO. The summed E-state index contributed by atoms with van der Waals surface area (Å²) in [5, 5.41) is 48.2. The minimum absolute atomic E-state index is 0.103. The molecule has 3 aliphatic carbocycles. The predicted octanol–water partition coefficient (Wildman–Crippen LogP) is 15.7. The van der Waals surface area contributed by atoms with E-state index in [0.29, 0.717) is 17.8 Å². The first kappa shape index (κ1) is 74.2. The number of carbonyl (C=O) groups is 4. The Morgan fingerprint density at radius 2 is 0.667 bits per heavy atom. The molecule has 3 fully saturated rings. The molecule has 0 spiro atoms. The smallest absolute Gasteiger partial charge is 0.290 e. The molecule has 0 saturated heterocycles. The largest absolute Gasteiger partial charge is 0.483 e. The normalized spacial score (nSPS) is 13.1. The van der Waals surface area contributed by atoms with Gasteiger partial charge in [-0.1, -0.05) is 95.6 Å². The number of hydrogen-bond acceptors (Lipinski definition) is 13. The number of carboxylic acid groups (broad SMARTS) is 4. The number of nitrogens with zero attached hydrogens (tertiary/aromatic N) is 3. The second-order valence-electron chi connectivity index (χ2n) is 21.7. The maximum atomic E-state index is 13.3. The summed E-state index contributed by atoms with van der Waals surface area (Å²) in [5.41, 5.74) is 9.69. The van der Waals surface area contributed by atoms with Gasteiger partial charge in [0, 0.05) is 55.3 Å². The molecule has 87 heavy (non-hydrogen) atoms. The van der Waals surface area contributed by atoms with Crippen molar-refractivity contribution >= 4 is 95.2 Å². The third-order valence-electron chi connectivity index (χ3n) is 14.4. The minimum atomic E-state index is -0.420. The lowest BCUT2D eigenvalue weighted by atomic mass is 9.85. The van der Waals surface area contributed by atoms with Crippen molar-refractivity contribution in [2.24, 2.45) is 17.8 Å². The zero-order valence-corrected chi connectivity index (χ0v) is 52.3. The molecular weight excluding hydrogens is 1190 g/mol. The lowest BCUT2D eigenvalue weighted by Crippen LogP contribution is -2.27. The van der Waals surface area contributed by atoms with Gasteiger partial charge < -0.3 is 52.3 Å². The van der Waals surface area contributed by atoms with Gasteiger partial charge in [0.15, 0.2) is 0 Å². The average Bonchev–Trinajstić information content (AvgIpc) is 2.25. The van der Waals surface area contributed by atoms with E-state index >= 15 is 0 Å². The summed E-state index contributed by atoms with van der Waals surface area (Å²) in [4.78, 5) is 47.0. The van der Waals surface area contributed by atoms with E-state index in [9.17, 15) is 13.2 Å². The van der Waals surface area contributed by atoms with Crippen LogP contribution in [-0.4, -0.2) is 80.9 Å². The number of hydrogen-bond donors (Lipinski definition) is 10. The fraction of sp³-hybridized carbons (Fsp3) is 0.422. The second-order valence-corrected chi connectivity index (χ2v) is 23.0. The van der Waals surface area contributed by atoms with Crippen molar-refractivity contribution in [2.75, 3.05) is 35.6 Å². The fourth-order valence-electron chi connectivity index (χ4n) is 9.25. The predicted molar refractivity (Wildman–Crippen MR) is 341 cm³/mol. The summed E-state index contributed by atoms with van der Waals surface area (Å²) >= 11 is 17.5. The van der Waals surface area contributed by atoms with Crippen LogP contribution >= 0.6 is 34.8 Å². The van der Waals surface area contributed by atoms with Gasteiger partial charge in [-0.3, -0.25) is 19.2 Å². The van der Waals surface area contributed by atoms with Crippen molar-refractivity contribution < 1.29 is 52.8 Å². The highest BCUT2D eigenvalue weighted by Gasteiger charge is 2.20. The quantitative estimate of drug-likeness (QED) is 0.0300. The number of nitrogens with one attached hydrogen (secondary N) is 6. The molecule has 0 bridgehead atoms. The molecule has 6 aromatic rings. The zero-order valence-electron chi connectivity index (χ0n) is 50.1. The highest BCUT2D eigenvalue weighted by Crippen LogP contribution is 2.32. The number of anilines is 6. The first-order valence-corrected chi connectivity index (χ1v) is 29.9. The van der Waals surface area contributed by atoms with Crippen LogP contribution in [0.25, 0.3) is 0 Å². The van der Waals surface area contributed by atoms with Crippen LogP contribution in [0.1, 0.15) is 150 Å². The van der Waals surface area contributed by atoms with Crippen molar-refractivity contribution in [3.05, 3.63) is 157 Å².